The molecule has 0 spiro atoms. The van der Waals surface area contributed by atoms with Crippen LogP contribution in [0.5, 0.6) is 0 Å². The van der Waals surface area contributed by atoms with Crippen LogP contribution in [0.4, 0.5) is 15.8 Å². The Balaban J connectivity index is 1.68. The van der Waals surface area contributed by atoms with Gasteiger partial charge in [0.05, 0.1) is 29.1 Å². The van der Waals surface area contributed by atoms with Gasteiger partial charge < -0.3 is 15.1 Å². The summed E-state index contributed by atoms with van der Waals surface area (Å²) >= 11 is 5.70. The van der Waals surface area contributed by atoms with E-state index in [0.717, 1.165) is 5.76 Å². The van der Waals surface area contributed by atoms with Crippen LogP contribution in [-0.2, 0) is 6.54 Å². The maximum Gasteiger partial charge on any atom is 0.257 e. The van der Waals surface area contributed by atoms with E-state index in [9.17, 15) is 9.18 Å². The third-order valence-corrected chi connectivity index (χ3v) is 3.51. The first kappa shape index (κ1) is 16.0. The number of rotatable bonds is 5. The molecule has 1 aromatic carbocycles. The van der Waals surface area contributed by atoms with Crippen LogP contribution in [0.15, 0.2) is 59.5 Å². The highest BCUT2D eigenvalue weighted by molar-refractivity contribution is 6.31. The highest BCUT2D eigenvalue weighted by Crippen LogP contribution is 2.20. The second-order valence-electron chi connectivity index (χ2n) is 4.98. The molecule has 0 aliphatic carbocycles. The number of nitrogens with one attached hydrogen (secondary N) is 2. The zero-order chi connectivity index (χ0) is 16.9. The summed E-state index contributed by atoms with van der Waals surface area (Å²) in [5, 5.41) is 5.71. The Labute approximate surface area is 142 Å². The Morgan fingerprint density at radius 3 is 2.83 bits per heavy atom. The quantitative estimate of drug-likeness (QED) is 0.722. The Morgan fingerprint density at radius 2 is 2.08 bits per heavy atom. The molecule has 0 unspecified atom stereocenters. The summed E-state index contributed by atoms with van der Waals surface area (Å²) in [6, 6.07) is 9.28. The molecule has 3 rings (SSSR count). The SMILES string of the molecule is O=C(Nc1ccc(F)c(Cl)c1)c1cncc(NCc2ccco2)c1. The number of carbonyl (C=O) groups is 1. The number of amides is 1. The third-order valence-electron chi connectivity index (χ3n) is 3.22. The van der Waals surface area contributed by atoms with Crippen LogP contribution in [0, 0.1) is 5.82 Å². The predicted molar refractivity (Wildman–Crippen MR) is 89.6 cm³/mol. The van der Waals surface area contributed by atoms with Crippen molar-refractivity contribution in [1.29, 1.82) is 0 Å². The average molecular weight is 346 g/mol. The number of anilines is 2. The molecule has 0 saturated heterocycles. The zero-order valence-electron chi connectivity index (χ0n) is 12.4. The summed E-state index contributed by atoms with van der Waals surface area (Å²) in [6.07, 6.45) is 4.64. The van der Waals surface area contributed by atoms with Gasteiger partial charge in [0.1, 0.15) is 11.6 Å². The molecule has 0 aliphatic rings. The molecule has 0 saturated carbocycles. The summed E-state index contributed by atoms with van der Waals surface area (Å²) in [6.45, 7) is 0.479. The van der Waals surface area contributed by atoms with E-state index in [0.29, 0.717) is 23.5 Å². The largest absolute Gasteiger partial charge is 0.467 e. The van der Waals surface area contributed by atoms with Gasteiger partial charge in [-0.1, -0.05) is 11.6 Å². The molecule has 0 atom stereocenters. The minimum absolute atomic E-state index is 0.0557. The van der Waals surface area contributed by atoms with Crippen LogP contribution in [0.25, 0.3) is 0 Å². The van der Waals surface area contributed by atoms with Crippen molar-refractivity contribution in [1.82, 2.24) is 4.98 Å². The van der Waals surface area contributed by atoms with E-state index in [2.05, 4.69) is 15.6 Å². The first-order chi connectivity index (χ1) is 11.6. The summed E-state index contributed by atoms with van der Waals surface area (Å²) in [4.78, 5) is 16.3. The van der Waals surface area contributed by atoms with Crippen LogP contribution in [0.2, 0.25) is 5.02 Å². The van der Waals surface area contributed by atoms with Gasteiger partial charge in [0.25, 0.3) is 5.91 Å². The van der Waals surface area contributed by atoms with E-state index in [1.54, 1.807) is 24.6 Å². The highest BCUT2D eigenvalue weighted by Gasteiger charge is 2.09. The first-order valence-electron chi connectivity index (χ1n) is 7.09. The van der Waals surface area contributed by atoms with Gasteiger partial charge in [-0.25, -0.2) is 4.39 Å². The maximum atomic E-state index is 13.1. The normalized spacial score (nSPS) is 10.4. The van der Waals surface area contributed by atoms with Crippen LogP contribution in [-0.4, -0.2) is 10.9 Å². The lowest BCUT2D eigenvalue weighted by Crippen LogP contribution is -2.13. The number of benzene rings is 1. The summed E-state index contributed by atoms with van der Waals surface area (Å²) in [5.41, 5.74) is 1.44. The monoisotopic (exact) mass is 345 g/mol. The predicted octanol–water partition coefficient (Wildman–Crippen LogP) is 4.33. The fraction of sp³-hybridized carbons (Fsp3) is 0.0588. The van der Waals surface area contributed by atoms with Crippen LogP contribution in [0.3, 0.4) is 0 Å². The minimum atomic E-state index is -0.541. The molecule has 5 nitrogen and oxygen atoms in total. The lowest BCUT2D eigenvalue weighted by atomic mass is 10.2. The number of hydrogen-bond acceptors (Lipinski definition) is 4. The molecule has 2 aromatic heterocycles. The van der Waals surface area contributed by atoms with Gasteiger partial charge in [-0.2, -0.15) is 0 Å². The van der Waals surface area contributed by atoms with Gasteiger partial charge in [-0.15, -0.1) is 0 Å². The number of halogens is 2. The fourth-order valence-electron chi connectivity index (χ4n) is 2.04. The lowest BCUT2D eigenvalue weighted by molar-refractivity contribution is 0.102. The Morgan fingerprint density at radius 1 is 1.21 bits per heavy atom. The molecular formula is C17H13ClFN3O2. The molecule has 1 amide bonds. The standard InChI is InChI=1S/C17H13ClFN3O2/c18-15-7-12(3-4-16(15)19)22-17(23)11-6-13(9-20-8-11)21-10-14-2-1-5-24-14/h1-9,21H,10H2,(H,22,23). The fourth-order valence-corrected chi connectivity index (χ4v) is 2.22. The maximum absolute atomic E-state index is 13.1. The summed E-state index contributed by atoms with van der Waals surface area (Å²) in [5.74, 6) is -0.141. The van der Waals surface area contributed by atoms with Gasteiger partial charge in [0, 0.05) is 18.1 Å². The molecular weight excluding hydrogens is 333 g/mol. The summed E-state index contributed by atoms with van der Waals surface area (Å²) in [7, 11) is 0. The first-order valence-corrected chi connectivity index (χ1v) is 7.47. The molecule has 0 fully saturated rings. The van der Waals surface area contributed by atoms with E-state index in [1.165, 1.54) is 24.4 Å². The van der Waals surface area contributed by atoms with Crippen LogP contribution < -0.4 is 10.6 Å². The Bertz CT molecular complexity index is 853. The van der Waals surface area contributed by atoms with E-state index in [1.807, 2.05) is 6.07 Å². The van der Waals surface area contributed by atoms with Crippen LogP contribution >= 0.6 is 11.6 Å². The molecule has 2 N–H and O–H groups in total. The van der Waals surface area contributed by atoms with Crippen molar-refractivity contribution in [2.24, 2.45) is 0 Å². The lowest BCUT2D eigenvalue weighted by Gasteiger charge is -2.08. The van der Waals surface area contributed by atoms with Crippen molar-refractivity contribution in [2.45, 2.75) is 6.54 Å². The van der Waals surface area contributed by atoms with Crippen molar-refractivity contribution >= 4 is 28.9 Å². The van der Waals surface area contributed by atoms with E-state index in [4.69, 9.17) is 16.0 Å². The molecule has 3 aromatic rings. The van der Waals surface area contributed by atoms with Crippen molar-refractivity contribution in [3.8, 4) is 0 Å². The van der Waals surface area contributed by atoms with Crippen molar-refractivity contribution in [3.05, 3.63) is 77.2 Å². The molecule has 24 heavy (non-hydrogen) atoms. The van der Waals surface area contributed by atoms with Crippen molar-refractivity contribution < 1.29 is 13.6 Å². The van der Waals surface area contributed by atoms with Gasteiger partial charge in [0.2, 0.25) is 0 Å². The molecule has 0 aliphatic heterocycles. The number of nitrogens with zero attached hydrogens (tertiary/aromatic N) is 1. The van der Waals surface area contributed by atoms with E-state index >= 15 is 0 Å². The van der Waals surface area contributed by atoms with Crippen molar-refractivity contribution in [3.63, 3.8) is 0 Å². The second kappa shape index (κ2) is 7.14. The smallest absolute Gasteiger partial charge is 0.257 e. The Kier molecular flexibility index (Phi) is 4.77. The van der Waals surface area contributed by atoms with Gasteiger partial charge in [-0.3, -0.25) is 9.78 Å². The molecule has 122 valence electrons. The second-order valence-corrected chi connectivity index (χ2v) is 5.39. The van der Waals surface area contributed by atoms with Gasteiger partial charge in [-0.05, 0) is 36.4 Å². The number of aromatic nitrogens is 1. The topological polar surface area (TPSA) is 67.2 Å². The molecule has 2 heterocycles. The van der Waals surface area contributed by atoms with E-state index in [-0.39, 0.29) is 10.9 Å². The number of furan rings is 1. The van der Waals surface area contributed by atoms with Gasteiger partial charge >= 0.3 is 0 Å². The van der Waals surface area contributed by atoms with Gasteiger partial charge in [0.15, 0.2) is 0 Å². The zero-order valence-corrected chi connectivity index (χ0v) is 13.2. The number of pyridine rings is 1. The average Bonchev–Trinajstić information content (AvgIpc) is 3.10. The third kappa shape index (κ3) is 3.91. The molecule has 0 radical (unpaired) electrons. The minimum Gasteiger partial charge on any atom is -0.467 e. The molecule has 7 heteroatoms. The number of carbonyl (C=O) groups excluding carboxylic acids is 1. The number of hydrogen-bond donors (Lipinski definition) is 2. The Hall–Kier alpha value is -2.86. The van der Waals surface area contributed by atoms with E-state index < -0.39 is 5.82 Å². The molecule has 0 bridgehead atoms. The highest BCUT2D eigenvalue weighted by atomic mass is 35.5. The van der Waals surface area contributed by atoms with Crippen molar-refractivity contribution in [2.75, 3.05) is 10.6 Å². The summed E-state index contributed by atoms with van der Waals surface area (Å²) < 4.78 is 18.4. The van der Waals surface area contributed by atoms with Crippen LogP contribution in [0.1, 0.15) is 16.1 Å².